The number of hydrogen-bond acceptors (Lipinski definition) is 6. The Kier molecular flexibility index (Phi) is 6.48. The molecule has 0 spiro atoms. The molecule has 8 nitrogen and oxygen atoms in total. The van der Waals surface area contributed by atoms with Crippen LogP contribution in [0.25, 0.3) is 0 Å². The van der Waals surface area contributed by atoms with Gasteiger partial charge in [0.1, 0.15) is 0 Å². The van der Waals surface area contributed by atoms with Crippen LogP contribution in [0.5, 0.6) is 0 Å². The Morgan fingerprint density at radius 1 is 1.11 bits per heavy atom. The predicted octanol–water partition coefficient (Wildman–Crippen LogP) is 1.63. The first-order valence-corrected chi connectivity index (χ1v) is 10.5. The smallest absolute Gasteiger partial charge is 0.374 e. The van der Waals surface area contributed by atoms with E-state index in [1.54, 1.807) is 0 Å². The van der Waals surface area contributed by atoms with Crippen molar-refractivity contribution in [3.63, 3.8) is 0 Å². The summed E-state index contributed by atoms with van der Waals surface area (Å²) in [6.45, 7) is -0.00542. The van der Waals surface area contributed by atoms with Crippen molar-refractivity contribution in [2.45, 2.75) is 36.8 Å². The molecule has 2 N–H and O–H groups in total. The van der Waals surface area contributed by atoms with Gasteiger partial charge in [-0.2, -0.15) is 0 Å². The van der Waals surface area contributed by atoms with Gasteiger partial charge in [0.25, 0.3) is 15.9 Å². The van der Waals surface area contributed by atoms with E-state index in [9.17, 15) is 18.0 Å². The lowest BCUT2D eigenvalue weighted by molar-refractivity contribution is -0.124. The number of aryl methyl sites for hydroxylation is 1. The fourth-order valence-corrected chi connectivity index (χ4v) is 3.71. The molecule has 0 aliphatic heterocycles. The fourth-order valence-electron chi connectivity index (χ4n) is 2.47. The third-order valence-electron chi connectivity index (χ3n) is 4.09. The van der Waals surface area contributed by atoms with Gasteiger partial charge in [-0.15, -0.1) is 0 Å². The third kappa shape index (κ3) is 5.93. The van der Waals surface area contributed by atoms with Crippen molar-refractivity contribution in [2.75, 3.05) is 13.2 Å². The van der Waals surface area contributed by atoms with Crippen molar-refractivity contribution in [2.24, 2.45) is 0 Å². The van der Waals surface area contributed by atoms with Crippen molar-refractivity contribution < 1.29 is 27.2 Å². The zero-order valence-corrected chi connectivity index (χ0v) is 16.0. The van der Waals surface area contributed by atoms with Gasteiger partial charge in [-0.25, -0.2) is 17.9 Å². The van der Waals surface area contributed by atoms with Gasteiger partial charge >= 0.3 is 5.97 Å². The molecule has 3 rings (SSSR count). The van der Waals surface area contributed by atoms with Gasteiger partial charge in [0.05, 0.1) is 0 Å². The molecule has 1 aromatic heterocycles. The number of amides is 1. The normalized spacial score (nSPS) is 13.9. The van der Waals surface area contributed by atoms with Gasteiger partial charge in [-0.3, -0.25) is 4.79 Å². The van der Waals surface area contributed by atoms with Crippen LogP contribution in [-0.4, -0.2) is 39.5 Å². The maximum absolute atomic E-state index is 12.0. The highest BCUT2D eigenvalue weighted by atomic mass is 32.2. The molecule has 0 unspecified atom stereocenters. The SMILES string of the molecule is O=C(COC(=O)c1ccc(S(=O)(=O)NC2CC2)o1)NCCCc1ccccc1. The van der Waals surface area contributed by atoms with Crippen LogP contribution in [0.1, 0.15) is 35.4 Å². The van der Waals surface area contributed by atoms with E-state index < -0.39 is 28.5 Å². The first-order valence-electron chi connectivity index (χ1n) is 9.04. The molecule has 0 saturated heterocycles. The van der Waals surface area contributed by atoms with Crippen LogP contribution in [0, 0.1) is 0 Å². The van der Waals surface area contributed by atoms with Gasteiger partial charge in [-0.05, 0) is 43.4 Å². The molecule has 1 aromatic carbocycles. The van der Waals surface area contributed by atoms with Crippen LogP contribution in [0.2, 0.25) is 0 Å². The van der Waals surface area contributed by atoms with E-state index in [1.165, 1.54) is 17.7 Å². The Morgan fingerprint density at radius 2 is 1.86 bits per heavy atom. The van der Waals surface area contributed by atoms with Gasteiger partial charge in [0.15, 0.2) is 6.61 Å². The van der Waals surface area contributed by atoms with Crippen LogP contribution < -0.4 is 10.0 Å². The summed E-state index contributed by atoms with van der Waals surface area (Å²) >= 11 is 0. The van der Waals surface area contributed by atoms with Crippen LogP contribution in [-0.2, 0) is 26.0 Å². The number of sulfonamides is 1. The Bertz CT molecular complexity index is 919. The van der Waals surface area contributed by atoms with E-state index in [-0.39, 0.29) is 16.9 Å². The molecule has 1 aliphatic carbocycles. The standard InChI is InChI=1S/C19H22N2O6S/c22-17(20-12-4-7-14-5-2-1-3-6-14)13-26-19(23)16-10-11-18(27-16)28(24,25)21-15-8-9-15/h1-3,5-6,10-11,15,21H,4,7-9,12-13H2,(H,20,22). The summed E-state index contributed by atoms with van der Waals surface area (Å²) in [5.74, 6) is -1.60. The molecule has 2 aromatic rings. The number of carbonyl (C=O) groups excluding carboxylic acids is 2. The molecule has 1 fully saturated rings. The maximum atomic E-state index is 12.0. The molecule has 1 aliphatic rings. The first-order chi connectivity index (χ1) is 13.4. The molecule has 0 radical (unpaired) electrons. The van der Waals surface area contributed by atoms with E-state index in [1.807, 2.05) is 30.3 Å². The summed E-state index contributed by atoms with van der Waals surface area (Å²) in [5, 5.41) is 2.31. The molecular formula is C19H22N2O6S. The monoisotopic (exact) mass is 406 g/mol. The molecule has 1 heterocycles. The van der Waals surface area contributed by atoms with Gasteiger partial charge in [0, 0.05) is 12.6 Å². The number of nitrogens with one attached hydrogen (secondary N) is 2. The summed E-state index contributed by atoms with van der Waals surface area (Å²) in [4.78, 5) is 23.7. The highest BCUT2D eigenvalue weighted by Gasteiger charge is 2.30. The number of furan rings is 1. The highest BCUT2D eigenvalue weighted by Crippen LogP contribution is 2.23. The zero-order valence-electron chi connectivity index (χ0n) is 15.2. The minimum absolute atomic E-state index is 0.0731. The number of carbonyl (C=O) groups is 2. The summed E-state index contributed by atoms with van der Waals surface area (Å²) in [6.07, 6.45) is 3.17. The van der Waals surface area contributed by atoms with Crippen molar-refractivity contribution in [1.29, 1.82) is 0 Å². The number of ether oxygens (including phenoxy) is 1. The van der Waals surface area contributed by atoms with Gasteiger partial charge < -0.3 is 14.5 Å². The lowest BCUT2D eigenvalue weighted by atomic mass is 10.1. The van der Waals surface area contributed by atoms with Crippen LogP contribution in [0.15, 0.2) is 52.0 Å². The minimum atomic E-state index is -3.78. The molecule has 0 atom stereocenters. The second kappa shape index (κ2) is 9.03. The number of benzene rings is 1. The second-order valence-electron chi connectivity index (χ2n) is 6.53. The Balaban J connectivity index is 1.38. The minimum Gasteiger partial charge on any atom is -0.450 e. The Morgan fingerprint density at radius 3 is 2.57 bits per heavy atom. The van der Waals surface area contributed by atoms with E-state index in [4.69, 9.17) is 9.15 Å². The Labute approximate surface area is 163 Å². The molecular weight excluding hydrogens is 384 g/mol. The number of rotatable bonds is 10. The molecule has 1 amide bonds. The summed E-state index contributed by atoms with van der Waals surface area (Å²) in [7, 11) is -3.78. The lowest BCUT2D eigenvalue weighted by Crippen LogP contribution is -2.29. The van der Waals surface area contributed by atoms with Gasteiger partial charge in [0.2, 0.25) is 10.9 Å². The van der Waals surface area contributed by atoms with Crippen molar-refractivity contribution >= 4 is 21.9 Å². The maximum Gasteiger partial charge on any atom is 0.374 e. The average molecular weight is 406 g/mol. The van der Waals surface area contributed by atoms with Crippen molar-refractivity contribution in [1.82, 2.24) is 10.0 Å². The largest absolute Gasteiger partial charge is 0.450 e. The van der Waals surface area contributed by atoms with Crippen molar-refractivity contribution in [3.05, 3.63) is 53.8 Å². The van der Waals surface area contributed by atoms with E-state index in [2.05, 4.69) is 10.0 Å². The number of esters is 1. The molecule has 150 valence electrons. The molecule has 28 heavy (non-hydrogen) atoms. The summed E-state index contributed by atoms with van der Waals surface area (Å²) in [5.41, 5.74) is 1.18. The predicted molar refractivity (Wildman–Crippen MR) is 100 cm³/mol. The quantitative estimate of drug-likeness (QED) is 0.458. The third-order valence-corrected chi connectivity index (χ3v) is 5.48. The first kappa shape index (κ1) is 20.1. The van der Waals surface area contributed by atoms with E-state index >= 15 is 0 Å². The topological polar surface area (TPSA) is 115 Å². The van der Waals surface area contributed by atoms with Crippen molar-refractivity contribution in [3.8, 4) is 0 Å². The van der Waals surface area contributed by atoms with E-state index in [0.29, 0.717) is 6.54 Å². The summed E-state index contributed by atoms with van der Waals surface area (Å²) < 4.78 is 36.4. The van der Waals surface area contributed by atoms with Crippen LogP contribution in [0.3, 0.4) is 0 Å². The number of hydrogen-bond donors (Lipinski definition) is 2. The van der Waals surface area contributed by atoms with E-state index in [0.717, 1.165) is 25.7 Å². The second-order valence-corrected chi connectivity index (χ2v) is 8.17. The van der Waals surface area contributed by atoms with Gasteiger partial charge in [-0.1, -0.05) is 30.3 Å². The lowest BCUT2D eigenvalue weighted by Gasteiger charge is -2.06. The molecule has 0 bridgehead atoms. The Hall–Kier alpha value is -2.65. The average Bonchev–Trinajstić information content (AvgIpc) is 3.33. The highest BCUT2D eigenvalue weighted by molar-refractivity contribution is 7.89. The fraction of sp³-hybridized carbons (Fsp3) is 0.368. The molecule has 1 saturated carbocycles. The molecule has 9 heteroatoms. The van der Waals surface area contributed by atoms with Crippen LogP contribution >= 0.6 is 0 Å². The zero-order chi connectivity index (χ0) is 20.0. The van der Waals surface area contributed by atoms with Crippen LogP contribution in [0.4, 0.5) is 0 Å². The summed E-state index contributed by atoms with van der Waals surface area (Å²) in [6, 6.07) is 12.2.